The molecular weight excluding hydrogens is 358 g/mol. The Balaban J connectivity index is 1.46. The zero-order valence-electron chi connectivity index (χ0n) is 15.5. The Bertz CT molecular complexity index is 952. The van der Waals surface area contributed by atoms with E-state index in [1.165, 1.54) is 6.20 Å². The summed E-state index contributed by atoms with van der Waals surface area (Å²) in [5.41, 5.74) is 0.452. The molecule has 1 aliphatic heterocycles. The predicted molar refractivity (Wildman–Crippen MR) is 102 cm³/mol. The minimum Gasteiger partial charge on any atom is -0.437 e. The molecule has 9 heteroatoms. The molecule has 9 nitrogen and oxygen atoms in total. The second-order valence-corrected chi connectivity index (χ2v) is 6.57. The molecule has 1 fully saturated rings. The van der Waals surface area contributed by atoms with Crippen molar-refractivity contribution in [1.82, 2.24) is 30.0 Å². The summed E-state index contributed by atoms with van der Waals surface area (Å²) in [4.78, 5) is 25.2. The van der Waals surface area contributed by atoms with E-state index in [0.717, 1.165) is 31.8 Å². The lowest BCUT2D eigenvalue weighted by molar-refractivity contribution is 0.102. The topological polar surface area (TPSA) is 107 Å². The second-order valence-electron chi connectivity index (χ2n) is 6.57. The molecule has 0 spiro atoms. The summed E-state index contributed by atoms with van der Waals surface area (Å²) in [5.74, 6) is 2.11. The maximum Gasteiger partial charge on any atom is 0.258 e. The minimum absolute atomic E-state index is 0.281. The van der Waals surface area contributed by atoms with Crippen molar-refractivity contribution in [1.29, 1.82) is 0 Å². The smallest absolute Gasteiger partial charge is 0.258 e. The fraction of sp³-hybridized carbons (Fsp3) is 0.316. The highest BCUT2D eigenvalue weighted by molar-refractivity contribution is 6.03. The minimum atomic E-state index is -0.281. The standard InChI is InChI=1S/C19H21N7O2/c1-26-19(23-17(25-26)13-5-7-20-8-6-13)24-18(27)14-3-2-4-15(11-14)28-16-12-21-9-10-22-16/h2-4,9-13,20H,5-8H2,1H3,(H,23,24,25,27). The number of amides is 1. The molecular formula is C19H21N7O2. The lowest BCUT2D eigenvalue weighted by Gasteiger charge is -2.19. The molecule has 1 amide bonds. The molecule has 1 saturated heterocycles. The van der Waals surface area contributed by atoms with Crippen molar-refractivity contribution in [2.45, 2.75) is 18.8 Å². The number of nitrogens with one attached hydrogen (secondary N) is 2. The van der Waals surface area contributed by atoms with Gasteiger partial charge in [0.25, 0.3) is 5.91 Å². The van der Waals surface area contributed by atoms with Crippen molar-refractivity contribution in [3.63, 3.8) is 0 Å². The van der Waals surface area contributed by atoms with Gasteiger partial charge in [0.1, 0.15) is 5.75 Å². The molecule has 0 unspecified atom stereocenters. The van der Waals surface area contributed by atoms with E-state index < -0.39 is 0 Å². The largest absolute Gasteiger partial charge is 0.437 e. The average molecular weight is 379 g/mol. The van der Waals surface area contributed by atoms with E-state index in [0.29, 0.717) is 29.1 Å². The van der Waals surface area contributed by atoms with Gasteiger partial charge in [0.2, 0.25) is 11.8 Å². The molecule has 28 heavy (non-hydrogen) atoms. The molecule has 0 aliphatic carbocycles. The molecule has 0 bridgehead atoms. The summed E-state index contributed by atoms with van der Waals surface area (Å²) in [6, 6.07) is 6.86. The first-order valence-electron chi connectivity index (χ1n) is 9.16. The summed E-state index contributed by atoms with van der Waals surface area (Å²) < 4.78 is 7.24. The van der Waals surface area contributed by atoms with Gasteiger partial charge in [-0.25, -0.2) is 9.67 Å². The van der Waals surface area contributed by atoms with E-state index in [4.69, 9.17) is 4.74 Å². The SMILES string of the molecule is Cn1nc(C2CCNCC2)nc1NC(=O)c1cccc(Oc2cnccn2)c1. The van der Waals surface area contributed by atoms with E-state index in [2.05, 4.69) is 30.7 Å². The zero-order chi connectivity index (χ0) is 19.3. The van der Waals surface area contributed by atoms with Gasteiger partial charge in [-0.2, -0.15) is 10.1 Å². The Morgan fingerprint density at radius 2 is 2.14 bits per heavy atom. The Morgan fingerprint density at radius 1 is 1.29 bits per heavy atom. The Morgan fingerprint density at radius 3 is 2.93 bits per heavy atom. The van der Waals surface area contributed by atoms with Gasteiger partial charge in [0.15, 0.2) is 5.82 Å². The third-order valence-electron chi connectivity index (χ3n) is 4.57. The Hall–Kier alpha value is -3.33. The van der Waals surface area contributed by atoms with Crippen LogP contribution in [0.4, 0.5) is 5.95 Å². The van der Waals surface area contributed by atoms with Crippen LogP contribution in [0.3, 0.4) is 0 Å². The number of nitrogens with zero attached hydrogens (tertiary/aromatic N) is 5. The van der Waals surface area contributed by atoms with Crippen molar-refractivity contribution >= 4 is 11.9 Å². The number of aryl methyl sites for hydroxylation is 1. The number of carbonyl (C=O) groups excluding carboxylic acids is 1. The van der Waals surface area contributed by atoms with Gasteiger partial charge >= 0.3 is 0 Å². The number of benzene rings is 1. The van der Waals surface area contributed by atoms with Crippen molar-refractivity contribution in [2.75, 3.05) is 18.4 Å². The van der Waals surface area contributed by atoms with Crippen LogP contribution in [0.5, 0.6) is 11.6 Å². The second kappa shape index (κ2) is 8.13. The number of rotatable bonds is 5. The lowest BCUT2D eigenvalue weighted by atomic mass is 9.98. The van der Waals surface area contributed by atoms with Crippen LogP contribution in [0.1, 0.15) is 34.9 Å². The van der Waals surface area contributed by atoms with E-state index in [1.54, 1.807) is 48.4 Å². The fourth-order valence-corrected chi connectivity index (χ4v) is 3.10. The monoisotopic (exact) mass is 379 g/mol. The number of piperidine rings is 1. The third kappa shape index (κ3) is 4.15. The molecule has 1 aliphatic rings. The first kappa shape index (κ1) is 18.1. The molecule has 4 rings (SSSR count). The quantitative estimate of drug-likeness (QED) is 0.699. The van der Waals surface area contributed by atoms with Crippen molar-refractivity contribution in [3.05, 3.63) is 54.2 Å². The molecule has 0 atom stereocenters. The van der Waals surface area contributed by atoms with Crippen molar-refractivity contribution < 1.29 is 9.53 Å². The van der Waals surface area contributed by atoms with Gasteiger partial charge in [-0.05, 0) is 44.1 Å². The normalized spacial score (nSPS) is 14.6. The van der Waals surface area contributed by atoms with Crippen molar-refractivity contribution in [3.8, 4) is 11.6 Å². The summed E-state index contributed by atoms with van der Waals surface area (Å²) in [5, 5.41) is 10.6. The maximum absolute atomic E-state index is 12.7. The van der Waals surface area contributed by atoms with Gasteiger partial charge in [0.05, 0.1) is 6.20 Å². The third-order valence-corrected chi connectivity index (χ3v) is 4.57. The fourth-order valence-electron chi connectivity index (χ4n) is 3.10. The molecule has 144 valence electrons. The lowest BCUT2D eigenvalue weighted by Crippen LogP contribution is -2.27. The van der Waals surface area contributed by atoms with Crippen LogP contribution in [0, 0.1) is 0 Å². The van der Waals surface area contributed by atoms with E-state index in [-0.39, 0.29) is 5.91 Å². The summed E-state index contributed by atoms with van der Waals surface area (Å²) in [6.07, 6.45) is 6.61. The van der Waals surface area contributed by atoms with Gasteiger partial charge in [-0.15, -0.1) is 0 Å². The molecule has 0 saturated carbocycles. The molecule has 0 radical (unpaired) electrons. The van der Waals surface area contributed by atoms with Crippen LogP contribution >= 0.6 is 0 Å². The molecule has 3 aromatic rings. The number of anilines is 1. The van der Waals surface area contributed by atoms with Crippen molar-refractivity contribution in [2.24, 2.45) is 7.05 Å². The number of carbonyl (C=O) groups is 1. The predicted octanol–water partition coefficient (Wildman–Crippen LogP) is 2.12. The van der Waals surface area contributed by atoms with Gasteiger partial charge in [-0.3, -0.25) is 15.1 Å². The molecule has 1 aromatic carbocycles. The highest BCUT2D eigenvalue weighted by Gasteiger charge is 2.21. The molecule has 3 heterocycles. The van der Waals surface area contributed by atoms with Crippen LogP contribution < -0.4 is 15.4 Å². The number of hydrogen-bond acceptors (Lipinski definition) is 7. The highest BCUT2D eigenvalue weighted by Crippen LogP contribution is 2.24. The maximum atomic E-state index is 12.7. The number of hydrogen-bond donors (Lipinski definition) is 2. The highest BCUT2D eigenvalue weighted by atomic mass is 16.5. The molecule has 2 aromatic heterocycles. The Kier molecular flexibility index (Phi) is 5.24. The first-order chi connectivity index (χ1) is 13.7. The van der Waals surface area contributed by atoms with E-state index in [1.807, 2.05) is 0 Å². The van der Waals surface area contributed by atoms with E-state index >= 15 is 0 Å². The number of aromatic nitrogens is 5. The molecule has 2 N–H and O–H groups in total. The van der Waals surface area contributed by atoms with Gasteiger partial charge in [-0.1, -0.05) is 6.07 Å². The van der Waals surface area contributed by atoms with Crippen LogP contribution in [-0.4, -0.2) is 43.7 Å². The summed E-state index contributed by atoms with van der Waals surface area (Å²) in [7, 11) is 1.78. The van der Waals surface area contributed by atoms with Crippen LogP contribution in [-0.2, 0) is 7.05 Å². The Labute approximate surface area is 162 Å². The van der Waals surface area contributed by atoms with E-state index in [9.17, 15) is 4.79 Å². The van der Waals surface area contributed by atoms with Crippen LogP contribution in [0.15, 0.2) is 42.9 Å². The first-order valence-corrected chi connectivity index (χ1v) is 9.16. The van der Waals surface area contributed by atoms with Gasteiger partial charge < -0.3 is 10.1 Å². The van der Waals surface area contributed by atoms with Crippen LogP contribution in [0.2, 0.25) is 0 Å². The zero-order valence-corrected chi connectivity index (χ0v) is 15.5. The van der Waals surface area contributed by atoms with Gasteiger partial charge in [0, 0.05) is 30.9 Å². The number of ether oxygens (including phenoxy) is 1. The summed E-state index contributed by atoms with van der Waals surface area (Å²) >= 11 is 0. The summed E-state index contributed by atoms with van der Waals surface area (Å²) in [6.45, 7) is 1.92. The van der Waals surface area contributed by atoms with Crippen LogP contribution in [0.25, 0.3) is 0 Å². The average Bonchev–Trinajstić information content (AvgIpc) is 3.10.